The fourth-order valence-corrected chi connectivity index (χ4v) is 0.997. The van der Waals surface area contributed by atoms with Crippen LogP contribution in [0.1, 0.15) is 13.3 Å². The van der Waals surface area contributed by atoms with Crippen LogP contribution in [0, 0.1) is 11.3 Å². The minimum atomic E-state index is -1.06. The van der Waals surface area contributed by atoms with Gasteiger partial charge in [0.1, 0.15) is 6.54 Å². The van der Waals surface area contributed by atoms with E-state index in [2.05, 4.69) is 0 Å². The number of rotatable bonds is 4. The van der Waals surface area contributed by atoms with E-state index in [4.69, 9.17) is 10.4 Å². The van der Waals surface area contributed by atoms with E-state index in [0.717, 1.165) is 4.90 Å². The maximum Gasteiger partial charge on any atom is 0.323 e. The Hall–Kier alpha value is -1.77. The van der Waals surface area contributed by atoms with Crippen LogP contribution in [0.2, 0.25) is 0 Å². The third-order valence-corrected chi connectivity index (χ3v) is 2.05. The van der Waals surface area contributed by atoms with Gasteiger partial charge in [-0.15, -0.1) is 0 Å². The summed E-state index contributed by atoms with van der Waals surface area (Å²) in [4.78, 5) is 24.4. The third kappa shape index (κ3) is 4.31. The van der Waals surface area contributed by atoms with Crippen molar-refractivity contribution in [3.05, 3.63) is 0 Å². The van der Waals surface area contributed by atoms with Crippen molar-refractivity contribution in [2.24, 2.45) is 0 Å². The van der Waals surface area contributed by atoms with Gasteiger partial charge in [-0.1, -0.05) is 0 Å². The van der Waals surface area contributed by atoms with Crippen molar-refractivity contribution in [2.45, 2.75) is 19.4 Å². The molecule has 1 unspecified atom stereocenters. The fourth-order valence-electron chi connectivity index (χ4n) is 0.997. The number of amides is 2. The molecule has 1 atom stereocenters. The number of carbonyl (C=O) groups is 2. The lowest BCUT2D eigenvalue weighted by Crippen LogP contribution is -2.44. The number of likely N-dealkylation sites (N-methyl/N-ethyl adjacent to an activating group) is 1. The molecule has 0 aromatic carbocycles. The van der Waals surface area contributed by atoms with Crippen LogP contribution in [-0.4, -0.2) is 53.6 Å². The second kappa shape index (κ2) is 5.86. The molecular formula is C9H15N3O3. The van der Waals surface area contributed by atoms with Crippen molar-refractivity contribution >= 4 is 12.0 Å². The van der Waals surface area contributed by atoms with E-state index < -0.39 is 12.0 Å². The molecule has 0 spiro atoms. The Morgan fingerprint density at radius 1 is 1.47 bits per heavy atom. The number of aliphatic carboxylic acids is 1. The summed E-state index contributed by atoms with van der Waals surface area (Å²) in [5.74, 6) is -1.06. The number of carboxylic acid groups (broad SMARTS) is 1. The average molecular weight is 213 g/mol. The Morgan fingerprint density at radius 2 is 2.00 bits per heavy atom. The van der Waals surface area contributed by atoms with Gasteiger partial charge < -0.3 is 14.9 Å². The van der Waals surface area contributed by atoms with Crippen molar-refractivity contribution < 1.29 is 14.7 Å². The predicted molar refractivity (Wildman–Crippen MR) is 53.1 cm³/mol. The molecule has 15 heavy (non-hydrogen) atoms. The standard InChI is InChI=1S/C9H15N3O3/c1-7(4-5-10)12(3)9(15)11(2)6-8(13)14/h7H,4,6H2,1-3H3,(H,13,14). The predicted octanol–water partition coefficient (Wildman–Crippen LogP) is 0.357. The number of nitrogens with zero attached hydrogens (tertiary/aromatic N) is 3. The number of hydrogen-bond donors (Lipinski definition) is 1. The Kier molecular flexibility index (Phi) is 5.16. The molecule has 6 nitrogen and oxygen atoms in total. The highest BCUT2D eigenvalue weighted by atomic mass is 16.4. The summed E-state index contributed by atoms with van der Waals surface area (Å²) < 4.78 is 0. The monoisotopic (exact) mass is 213 g/mol. The van der Waals surface area contributed by atoms with Crippen molar-refractivity contribution in [1.82, 2.24) is 9.80 Å². The molecule has 2 amide bonds. The summed E-state index contributed by atoms with van der Waals surface area (Å²) in [6.45, 7) is 1.39. The summed E-state index contributed by atoms with van der Waals surface area (Å²) in [6, 6.07) is 1.33. The minimum absolute atomic E-state index is 0.223. The van der Waals surface area contributed by atoms with E-state index in [1.165, 1.54) is 11.9 Å². The first-order chi connectivity index (χ1) is 6.90. The first-order valence-corrected chi connectivity index (χ1v) is 4.46. The number of nitriles is 1. The van der Waals surface area contributed by atoms with Gasteiger partial charge in [0.15, 0.2) is 0 Å². The van der Waals surface area contributed by atoms with Crippen LogP contribution in [0.3, 0.4) is 0 Å². The summed E-state index contributed by atoms with van der Waals surface area (Å²) >= 11 is 0. The Bertz CT molecular complexity index is 285. The highest BCUT2D eigenvalue weighted by Gasteiger charge is 2.20. The van der Waals surface area contributed by atoms with E-state index in [1.54, 1.807) is 14.0 Å². The first kappa shape index (κ1) is 13.2. The molecule has 0 bridgehead atoms. The summed E-state index contributed by atoms with van der Waals surface area (Å²) in [5, 5.41) is 16.9. The molecule has 0 aromatic heterocycles. The molecule has 0 heterocycles. The number of carboxylic acids is 1. The van der Waals surface area contributed by atoms with Crippen LogP contribution < -0.4 is 0 Å². The molecule has 6 heteroatoms. The van der Waals surface area contributed by atoms with Gasteiger partial charge >= 0.3 is 12.0 Å². The second-order valence-electron chi connectivity index (χ2n) is 3.35. The molecule has 84 valence electrons. The average Bonchev–Trinajstić information content (AvgIpc) is 2.14. The summed E-state index contributed by atoms with van der Waals surface area (Å²) in [7, 11) is 2.95. The number of urea groups is 1. The van der Waals surface area contributed by atoms with Gasteiger partial charge in [0, 0.05) is 20.1 Å². The maximum atomic E-state index is 11.6. The van der Waals surface area contributed by atoms with Gasteiger partial charge in [-0.05, 0) is 6.92 Å². The van der Waals surface area contributed by atoms with Gasteiger partial charge in [-0.25, -0.2) is 4.79 Å². The molecule has 0 fully saturated rings. The van der Waals surface area contributed by atoms with E-state index in [0.29, 0.717) is 0 Å². The quantitative estimate of drug-likeness (QED) is 0.730. The van der Waals surface area contributed by atoms with Gasteiger partial charge in [0.2, 0.25) is 0 Å². The molecule has 0 saturated heterocycles. The second-order valence-corrected chi connectivity index (χ2v) is 3.35. The normalized spacial score (nSPS) is 11.3. The van der Waals surface area contributed by atoms with E-state index >= 15 is 0 Å². The molecule has 0 aliphatic carbocycles. The van der Waals surface area contributed by atoms with E-state index in [-0.39, 0.29) is 19.0 Å². The zero-order valence-electron chi connectivity index (χ0n) is 9.10. The topological polar surface area (TPSA) is 84.6 Å². The lowest BCUT2D eigenvalue weighted by Gasteiger charge is -2.27. The number of hydrogen-bond acceptors (Lipinski definition) is 3. The van der Waals surface area contributed by atoms with E-state index in [1.807, 2.05) is 6.07 Å². The highest BCUT2D eigenvalue weighted by molar-refractivity contribution is 5.79. The van der Waals surface area contributed by atoms with Gasteiger partial charge in [-0.3, -0.25) is 4.79 Å². The Labute approximate surface area is 88.7 Å². The van der Waals surface area contributed by atoms with Crippen LogP contribution in [-0.2, 0) is 4.79 Å². The smallest absolute Gasteiger partial charge is 0.323 e. The molecule has 1 N–H and O–H groups in total. The van der Waals surface area contributed by atoms with Crippen molar-refractivity contribution in [3.8, 4) is 6.07 Å². The largest absolute Gasteiger partial charge is 0.480 e. The summed E-state index contributed by atoms with van der Waals surface area (Å²) in [5.41, 5.74) is 0. The molecule has 0 radical (unpaired) electrons. The van der Waals surface area contributed by atoms with Crippen molar-refractivity contribution in [2.75, 3.05) is 20.6 Å². The maximum absolute atomic E-state index is 11.6. The summed E-state index contributed by atoms with van der Waals surface area (Å²) in [6.07, 6.45) is 0.225. The third-order valence-electron chi connectivity index (χ3n) is 2.05. The van der Waals surface area contributed by atoms with Crippen LogP contribution in [0.5, 0.6) is 0 Å². The van der Waals surface area contributed by atoms with Crippen LogP contribution in [0.4, 0.5) is 4.79 Å². The Morgan fingerprint density at radius 3 is 2.40 bits per heavy atom. The lowest BCUT2D eigenvalue weighted by atomic mass is 10.2. The Balaban J connectivity index is 4.31. The fraction of sp³-hybridized carbons (Fsp3) is 0.667. The van der Waals surface area contributed by atoms with Crippen LogP contribution >= 0.6 is 0 Å². The SMILES string of the molecule is CC(CC#N)N(C)C(=O)N(C)CC(=O)O. The molecule has 0 aliphatic heterocycles. The van der Waals surface area contributed by atoms with Crippen LogP contribution in [0.15, 0.2) is 0 Å². The van der Waals surface area contributed by atoms with Crippen molar-refractivity contribution in [1.29, 1.82) is 5.26 Å². The van der Waals surface area contributed by atoms with Crippen LogP contribution in [0.25, 0.3) is 0 Å². The molecule has 0 aromatic rings. The zero-order valence-corrected chi connectivity index (χ0v) is 9.10. The molecule has 0 saturated carbocycles. The molecule has 0 rings (SSSR count). The minimum Gasteiger partial charge on any atom is -0.480 e. The van der Waals surface area contributed by atoms with Gasteiger partial charge in [0.25, 0.3) is 0 Å². The van der Waals surface area contributed by atoms with Gasteiger partial charge in [-0.2, -0.15) is 5.26 Å². The van der Waals surface area contributed by atoms with Gasteiger partial charge in [0.05, 0.1) is 12.5 Å². The molecular weight excluding hydrogens is 198 g/mol. The lowest BCUT2D eigenvalue weighted by molar-refractivity contribution is -0.137. The zero-order chi connectivity index (χ0) is 12.0. The van der Waals surface area contributed by atoms with E-state index in [9.17, 15) is 9.59 Å². The first-order valence-electron chi connectivity index (χ1n) is 4.46. The molecule has 0 aliphatic rings. The van der Waals surface area contributed by atoms with Crippen molar-refractivity contribution in [3.63, 3.8) is 0 Å². The number of carbonyl (C=O) groups excluding carboxylic acids is 1. The highest BCUT2D eigenvalue weighted by Crippen LogP contribution is 2.03.